The zero-order valence-electron chi connectivity index (χ0n) is 14.1. The lowest BCUT2D eigenvalue weighted by Crippen LogP contribution is -2.36. The normalized spacial score (nSPS) is 10.9. The molecule has 126 valence electrons. The van der Waals surface area contributed by atoms with Crippen molar-refractivity contribution in [2.75, 3.05) is 26.0 Å². The second-order valence-corrected chi connectivity index (χ2v) is 6.73. The average molecular weight is 444 g/mol. The maximum absolute atomic E-state index is 4.26. The smallest absolute Gasteiger partial charge is 0.191 e. The van der Waals surface area contributed by atoms with Gasteiger partial charge in [0, 0.05) is 43.1 Å². The van der Waals surface area contributed by atoms with Crippen LogP contribution in [-0.2, 0) is 13.1 Å². The maximum atomic E-state index is 4.26. The molecule has 0 fully saturated rings. The maximum Gasteiger partial charge on any atom is 0.191 e. The van der Waals surface area contributed by atoms with Crippen LogP contribution in [0, 0.1) is 6.92 Å². The third-order valence-electron chi connectivity index (χ3n) is 3.36. The molecule has 0 saturated carbocycles. The van der Waals surface area contributed by atoms with E-state index >= 15 is 0 Å². The minimum atomic E-state index is 0. The van der Waals surface area contributed by atoms with Gasteiger partial charge >= 0.3 is 0 Å². The molecule has 0 aliphatic carbocycles. The molecule has 0 saturated heterocycles. The molecule has 0 bridgehead atoms. The van der Waals surface area contributed by atoms with E-state index < -0.39 is 0 Å². The van der Waals surface area contributed by atoms with Gasteiger partial charge < -0.3 is 15.5 Å². The minimum absolute atomic E-state index is 0. The highest BCUT2D eigenvalue weighted by molar-refractivity contribution is 14.0. The van der Waals surface area contributed by atoms with Crippen LogP contribution in [0.2, 0.25) is 0 Å². The van der Waals surface area contributed by atoms with E-state index in [9.17, 15) is 0 Å². The third-order valence-corrected chi connectivity index (χ3v) is 4.36. The summed E-state index contributed by atoms with van der Waals surface area (Å²) in [6.45, 7) is 3.69. The number of hydrogen-bond donors (Lipinski definition) is 2. The van der Waals surface area contributed by atoms with Crippen molar-refractivity contribution >= 4 is 47.0 Å². The Balaban J connectivity index is 0.00000264. The Hall–Kier alpha value is -1.28. The van der Waals surface area contributed by atoms with E-state index in [2.05, 4.69) is 63.8 Å². The fourth-order valence-electron chi connectivity index (χ4n) is 2.07. The molecule has 23 heavy (non-hydrogen) atoms. The summed E-state index contributed by atoms with van der Waals surface area (Å²) in [5.74, 6) is 0.822. The van der Waals surface area contributed by atoms with Crippen molar-refractivity contribution in [2.45, 2.75) is 20.0 Å². The number of rotatable bonds is 5. The molecule has 0 aliphatic rings. The summed E-state index contributed by atoms with van der Waals surface area (Å²) >= 11 is 1.81. The van der Waals surface area contributed by atoms with Crippen molar-refractivity contribution in [2.24, 2.45) is 4.99 Å². The lowest BCUT2D eigenvalue weighted by Gasteiger charge is -2.14. The molecular weight excluding hydrogens is 419 g/mol. The van der Waals surface area contributed by atoms with Gasteiger partial charge in [-0.1, -0.05) is 12.1 Å². The number of aryl methyl sites for hydroxylation is 1. The van der Waals surface area contributed by atoms with Crippen LogP contribution in [-0.4, -0.2) is 27.1 Å². The SMILES string of the molecule is CN=C(NCc1ccc(N(C)C)cc1)NCc1ccc(C)s1.I. The molecule has 0 amide bonds. The second kappa shape index (κ2) is 9.77. The van der Waals surface area contributed by atoms with Crippen LogP contribution >= 0.6 is 35.3 Å². The van der Waals surface area contributed by atoms with Crippen LogP contribution in [0.1, 0.15) is 15.3 Å². The Bertz CT molecular complexity index is 620. The van der Waals surface area contributed by atoms with E-state index in [1.807, 2.05) is 25.4 Å². The van der Waals surface area contributed by atoms with Crippen molar-refractivity contribution in [3.8, 4) is 0 Å². The molecule has 4 nitrogen and oxygen atoms in total. The van der Waals surface area contributed by atoms with Crippen molar-refractivity contribution in [3.05, 3.63) is 51.7 Å². The van der Waals surface area contributed by atoms with Gasteiger partial charge in [-0.3, -0.25) is 4.99 Å². The molecule has 0 radical (unpaired) electrons. The Morgan fingerprint density at radius 2 is 1.70 bits per heavy atom. The summed E-state index contributed by atoms with van der Waals surface area (Å²) in [5, 5.41) is 6.68. The summed E-state index contributed by atoms with van der Waals surface area (Å²) in [7, 11) is 5.89. The highest BCUT2D eigenvalue weighted by atomic mass is 127. The zero-order valence-corrected chi connectivity index (χ0v) is 17.2. The lowest BCUT2D eigenvalue weighted by atomic mass is 10.2. The number of hydrogen-bond acceptors (Lipinski definition) is 3. The van der Waals surface area contributed by atoms with E-state index in [0.717, 1.165) is 19.0 Å². The first-order valence-electron chi connectivity index (χ1n) is 7.34. The average Bonchev–Trinajstić information content (AvgIpc) is 2.93. The van der Waals surface area contributed by atoms with Crippen LogP contribution in [0.15, 0.2) is 41.4 Å². The van der Waals surface area contributed by atoms with Crippen molar-refractivity contribution in [1.29, 1.82) is 0 Å². The van der Waals surface area contributed by atoms with E-state index in [1.54, 1.807) is 7.05 Å². The first kappa shape index (κ1) is 19.8. The van der Waals surface area contributed by atoms with Crippen molar-refractivity contribution in [3.63, 3.8) is 0 Å². The van der Waals surface area contributed by atoms with Gasteiger partial charge in [0.1, 0.15) is 0 Å². The second-order valence-electron chi connectivity index (χ2n) is 5.35. The van der Waals surface area contributed by atoms with Gasteiger partial charge in [0.2, 0.25) is 0 Å². The summed E-state index contributed by atoms with van der Waals surface area (Å²) < 4.78 is 0. The minimum Gasteiger partial charge on any atom is -0.378 e. The van der Waals surface area contributed by atoms with Crippen molar-refractivity contribution in [1.82, 2.24) is 10.6 Å². The molecule has 1 aromatic heterocycles. The third kappa shape index (κ3) is 6.39. The van der Waals surface area contributed by atoms with Crippen LogP contribution in [0.4, 0.5) is 5.69 Å². The molecule has 6 heteroatoms. The Morgan fingerprint density at radius 1 is 1.04 bits per heavy atom. The largest absolute Gasteiger partial charge is 0.378 e. The quantitative estimate of drug-likeness (QED) is 0.421. The first-order valence-corrected chi connectivity index (χ1v) is 8.16. The number of aliphatic imine (C=N–C) groups is 1. The Morgan fingerprint density at radius 3 is 2.22 bits per heavy atom. The fourth-order valence-corrected chi connectivity index (χ4v) is 2.90. The number of nitrogens with one attached hydrogen (secondary N) is 2. The van der Waals surface area contributed by atoms with Crippen LogP contribution in [0.3, 0.4) is 0 Å². The number of halogens is 1. The number of anilines is 1. The number of guanidine groups is 1. The van der Waals surface area contributed by atoms with E-state index in [4.69, 9.17) is 0 Å². The molecule has 2 aromatic rings. The fraction of sp³-hybridized carbons (Fsp3) is 0.353. The predicted octanol–water partition coefficient (Wildman–Crippen LogP) is 3.61. The number of nitrogens with zero attached hydrogens (tertiary/aromatic N) is 2. The summed E-state index contributed by atoms with van der Waals surface area (Å²) in [6, 6.07) is 12.8. The van der Waals surface area contributed by atoms with Gasteiger partial charge in [0.25, 0.3) is 0 Å². The van der Waals surface area contributed by atoms with Gasteiger partial charge in [-0.2, -0.15) is 0 Å². The summed E-state index contributed by atoms with van der Waals surface area (Å²) in [6.07, 6.45) is 0. The van der Waals surface area contributed by atoms with Gasteiger partial charge in [-0.15, -0.1) is 35.3 Å². The molecule has 0 spiro atoms. The van der Waals surface area contributed by atoms with Gasteiger partial charge in [-0.05, 0) is 36.8 Å². The molecule has 1 heterocycles. The summed E-state index contributed by atoms with van der Waals surface area (Å²) in [4.78, 5) is 9.01. The lowest BCUT2D eigenvalue weighted by molar-refractivity contribution is 0.815. The highest BCUT2D eigenvalue weighted by Gasteiger charge is 2.01. The molecule has 0 aliphatic heterocycles. The monoisotopic (exact) mass is 444 g/mol. The van der Waals surface area contributed by atoms with E-state index in [0.29, 0.717) is 0 Å². The predicted molar refractivity (Wildman–Crippen MR) is 112 cm³/mol. The van der Waals surface area contributed by atoms with E-state index in [-0.39, 0.29) is 24.0 Å². The van der Waals surface area contributed by atoms with Crippen LogP contribution in [0.25, 0.3) is 0 Å². The highest BCUT2D eigenvalue weighted by Crippen LogP contribution is 2.14. The number of thiophene rings is 1. The van der Waals surface area contributed by atoms with Gasteiger partial charge in [0.05, 0.1) is 6.54 Å². The van der Waals surface area contributed by atoms with Crippen LogP contribution < -0.4 is 15.5 Å². The standard InChI is InChI=1S/C17H24N4S.HI/c1-13-5-10-16(22-13)12-20-17(18-2)19-11-14-6-8-15(9-7-14)21(3)4;/h5-10H,11-12H2,1-4H3,(H2,18,19,20);1H. The molecular formula is C17H25IN4S. The molecule has 1 aromatic carbocycles. The molecule has 0 unspecified atom stereocenters. The van der Waals surface area contributed by atoms with Gasteiger partial charge in [0.15, 0.2) is 5.96 Å². The van der Waals surface area contributed by atoms with Crippen molar-refractivity contribution < 1.29 is 0 Å². The topological polar surface area (TPSA) is 39.7 Å². The van der Waals surface area contributed by atoms with Gasteiger partial charge in [-0.25, -0.2) is 0 Å². The molecule has 0 atom stereocenters. The molecule has 2 N–H and O–H groups in total. The molecule has 2 rings (SSSR count). The first-order chi connectivity index (χ1) is 10.6. The zero-order chi connectivity index (χ0) is 15.9. The van der Waals surface area contributed by atoms with Crippen LogP contribution in [0.5, 0.6) is 0 Å². The van der Waals surface area contributed by atoms with E-state index in [1.165, 1.54) is 21.0 Å². The Kier molecular flexibility index (Phi) is 8.40. The number of benzene rings is 1. The Labute approximate surface area is 160 Å². The summed E-state index contributed by atoms with van der Waals surface area (Å²) in [5.41, 5.74) is 2.44.